The number of rotatable bonds is 8. The molecule has 0 radical (unpaired) electrons. The summed E-state index contributed by atoms with van der Waals surface area (Å²) in [6.45, 7) is 6.44. The molecule has 0 saturated carbocycles. The van der Waals surface area contributed by atoms with Crippen molar-refractivity contribution in [1.29, 1.82) is 5.26 Å². The molecule has 13 nitrogen and oxygen atoms in total. The molecule has 0 aliphatic carbocycles. The lowest BCUT2D eigenvalue weighted by Crippen LogP contribution is -2.47. The van der Waals surface area contributed by atoms with Crippen LogP contribution in [0.5, 0.6) is 5.75 Å². The summed E-state index contributed by atoms with van der Waals surface area (Å²) >= 11 is 6.80. The van der Waals surface area contributed by atoms with Crippen LogP contribution in [0.1, 0.15) is 44.9 Å². The quantitative estimate of drug-likeness (QED) is 0.291. The molecule has 14 heteroatoms. The zero-order valence-corrected chi connectivity index (χ0v) is 24.1. The number of anilines is 2. The number of methoxy groups -OCH3 is 1. The van der Waals surface area contributed by atoms with Crippen LogP contribution in [0.25, 0.3) is 0 Å². The van der Waals surface area contributed by atoms with Gasteiger partial charge in [-0.15, -0.1) is 0 Å². The van der Waals surface area contributed by atoms with E-state index in [4.69, 9.17) is 26.3 Å². The van der Waals surface area contributed by atoms with Crippen LogP contribution in [0.3, 0.4) is 0 Å². The third kappa shape index (κ3) is 9.39. The van der Waals surface area contributed by atoms with Crippen molar-refractivity contribution in [1.82, 2.24) is 19.8 Å². The number of amides is 4. The van der Waals surface area contributed by atoms with E-state index < -0.39 is 29.3 Å². The van der Waals surface area contributed by atoms with E-state index in [2.05, 4.69) is 20.6 Å². The molecule has 1 atom stereocenters. The number of hydrogen-bond acceptors (Lipinski definition) is 8. The zero-order chi connectivity index (χ0) is 30.2. The van der Waals surface area contributed by atoms with Gasteiger partial charge in [0.25, 0.3) is 0 Å². The van der Waals surface area contributed by atoms with Crippen LogP contribution in [-0.4, -0.2) is 80.9 Å². The first kappa shape index (κ1) is 31.2. The topological polar surface area (TPSA) is 170 Å². The molecule has 3 rings (SSSR count). The highest BCUT2D eigenvalue weighted by Gasteiger charge is 2.32. The normalized spacial score (nSPS) is 14.4. The number of carbonyl (C=O) groups excluding carboxylic acids is 2. The Morgan fingerprint density at radius 2 is 1.93 bits per heavy atom. The van der Waals surface area contributed by atoms with Gasteiger partial charge in [0.2, 0.25) is 0 Å². The summed E-state index contributed by atoms with van der Waals surface area (Å²) < 4.78 is 11.1. The second-order valence-electron chi connectivity index (χ2n) is 10.5. The van der Waals surface area contributed by atoms with E-state index >= 15 is 0 Å². The molecule has 0 spiro atoms. The lowest BCUT2D eigenvalue weighted by molar-refractivity contribution is 0.0164. The minimum absolute atomic E-state index is 0.0692. The molecule has 1 aromatic carbocycles. The van der Waals surface area contributed by atoms with Crippen LogP contribution in [-0.2, 0) is 11.2 Å². The maximum Gasteiger partial charge on any atom is 0.411 e. The number of nitriles is 1. The Balaban J connectivity index is 1.69. The number of ether oxygens (including phenoxy) is 2. The minimum Gasteiger partial charge on any atom is -0.495 e. The summed E-state index contributed by atoms with van der Waals surface area (Å²) in [4.78, 5) is 47.5. The molecule has 2 heterocycles. The number of nitrogens with zero attached hydrogens (tertiary/aromatic N) is 5. The van der Waals surface area contributed by atoms with Crippen molar-refractivity contribution in [3.05, 3.63) is 41.9 Å². The molecule has 1 aliphatic heterocycles. The van der Waals surface area contributed by atoms with Gasteiger partial charge in [0, 0.05) is 26.1 Å². The van der Waals surface area contributed by atoms with E-state index in [9.17, 15) is 19.5 Å². The number of carboxylic acid groups (broad SMARTS) is 1. The van der Waals surface area contributed by atoms with Crippen LogP contribution in [0.2, 0.25) is 0 Å². The summed E-state index contributed by atoms with van der Waals surface area (Å²) in [5, 5.41) is 23.3. The van der Waals surface area contributed by atoms with Crippen molar-refractivity contribution in [2.45, 2.75) is 51.1 Å². The average molecular weight is 588 g/mol. The number of likely N-dealkylation sites (tertiary alicyclic amines) is 1. The number of halogens is 1. The molecule has 1 fully saturated rings. The smallest absolute Gasteiger partial charge is 0.411 e. The first-order chi connectivity index (χ1) is 19.4. The van der Waals surface area contributed by atoms with E-state index in [1.165, 1.54) is 29.3 Å². The van der Waals surface area contributed by atoms with Crippen molar-refractivity contribution in [2.75, 3.05) is 37.4 Å². The Bertz CT molecular complexity index is 1270. The molecule has 1 saturated heterocycles. The Labute approximate surface area is 243 Å². The lowest BCUT2D eigenvalue weighted by Gasteiger charge is -2.36. The number of benzene rings is 1. The average Bonchev–Trinajstić information content (AvgIpc) is 2.92. The minimum atomic E-state index is -0.949. The molecule has 0 bridgehead atoms. The zero-order valence-electron chi connectivity index (χ0n) is 23.4. The van der Waals surface area contributed by atoms with Crippen molar-refractivity contribution in [2.24, 2.45) is 5.92 Å². The van der Waals surface area contributed by atoms with E-state index in [1.54, 1.807) is 39.0 Å². The molecule has 41 heavy (non-hydrogen) atoms. The highest BCUT2D eigenvalue weighted by atomic mass is 35.5. The third-order valence-electron chi connectivity index (χ3n) is 6.23. The Morgan fingerprint density at radius 1 is 1.22 bits per heavy atom. The third-order valence-corrected chi connectivity index (χ3v) is 6.62. The summed E-state index contributed by atoms with van der Waals surface area (Å²) in [6, 6.07) is 6.39. The van der Waals surface area contributed by atoms with Gasteiger partial charge in [-0.1, -0.05) is 17.7 Å². The molecular formula is C27H34ClN7O6. The second kappa shape index (κ2) is 13.8. The molecule has 220 valence electrons. The number of hydrogen-bond donors (Lipinski definition) is 3. The fourth-order valence-corrected chi connectivity index (χ4v) is 4.54. The van der Waals surface area contributed by atoms with E-state index in [1.807, 2.05) is 6.07 Å². The number of urea groups is 1. The second-order valence-corrected chi connectivity index (χ2v) is 11.0. The van der Waals surface area contributed by atoms with Gasteiger partial charge in [0.15, 0.2) is 11.5 Å². The standard InChI is InChI=1S/C27H34ClN7O6/c1-27(2,3)41-26(39)35(16-17-7-9-34(10-8-17)25(37)38)22(28)12-18-5-6-20(21(11-18)40-4)32-24(36)33-23-15-30-19(13-29)14-31-23/h5-6,11,14-15,17,22H,7-10,12,16H2,1-4H3,(H,37,38)(H2,31,32,33,36). The molecule has 1 unspecified atom stereocenters. The number of piperidine rings is 1. The SMILES string of the molecule is COc1cc(CC(Cl)N(CC2CCN(C(=O)O)CC2)C(=O)OC(C)(C)C)ccc1NC(=O)Nc1cnc(C#N)cn1. The van der Waals surface area contributed by atoms with Gasteiger partial charge in [0.05, 0.1) is 25.2 Å². The maximum atomic E-state index is 13.1. The maximum absolute atomic E-state index is 13.1. The van der Waals surface area contributed by atoms with Crippen LogP contribution in [0.15, 0.2) is 30.6 Å². The number of alkyl halides is 1. The summed E-state index contributed by atoms with van der Waals surface area (Å²) in [5.74, 6) is 0.606. The van der Waals surface area contributed by atoms with Crippen molar-refractivity contribution in [3.63, 3.8) is 0 Å². The summed E-state index contributed by atoms with van der Waals surface area (Å²) in [7, 11) is 1.46. The van der Waals surface area contributed by atoms with Gasteiger partial charge < -0.3 is 24.8 Å². The van der Waals surface area contributed by atoms with Crippen LogP contribution < -0.4 is 15.4 Å². The van der Waals surface area contributed by atoms with Crippen LogP contribution in [0, 0.1) is 17.2 Å². The van der Waals surface area contributed by atoms with E-state index in [0.717, 1.165) is 5.56 Å². The van der Waals surface area contributed by atoms with Crippen molar-refractivity contribution < 1.29 is 29.0 Å². The molecule has 1 aliphatic rings. The van der Waals surface area contributed by atoms with Gasteiger partial charge in [0.1, 0.15) is 22.9 Å². The number of nitrogens with one attached hydrogen (secondary N) is 2. The van der Waals surface area contributed by atoms with Crippen molar-refractivity contribution in [3.8, 4) is 11.8 Å². The fourth-order valence-electron chi connectivity index (χ4n) is 4.20. The van der Waals surface area contributed by atoms with Gasteiger partial charge in [-0.2, -0.15) is 5.26 Å². The predicted octanol–water partition coefficient (Wildman–Crippen LogP) is 4.74. The highest BCUT2D eigenvalue weighted by molar-refractivity contribution is 6.21. The Hall–Kier alpha value is -4.31. The van der Waals surface area contributed by atoms with Crippen LogP contribution in [0.4, 0.5) is 25.9 Å². The molecule has 1 aromatic heterocycles. The van der Waals surface area contributed by atoms with Gasteiger partial charge in [-0.05, 0) is 57.2 Å². The highest BCUT2D eigenvalue weighted by Crippen LogP contribution is 2.29. The first-order valence-electron chi connectivity index (χ1n) is 13.0. The van der Waals surface area contributed by atoms with Crippen molar-refractivity contribution >= 4 is 41.3 Å². The molecular weight excluding hydrogens is 554 g/mol. The van der Waals surface area contributed by atoms with E-state index in [0.29, 0.717) is 43.9 Å². The first-order valence-corrected chi connectivity index (χ1v) is 13.4. The summed E-state index contributed by atoms with van der Waals surface area (Å²) in [6.07, 6.45) is 2.50. The van der Waals surface area contributed by atoms with E-state index in [-0.39, 0.29) is 23.9 Å². The Kier molecular flexibility index (Phi) is 10.5. The fraction of sp³-hybridized carbons (Fsp3) is 0.481. The van der Waals surface area contributed by atoms with Crippen LogP contribution >= 0.6 is 11.6 Å². The molecule has 2 aromatic rings. The Morgan fingerprint density at radius 3 is 2.49 bits per heavy atom. The molecule has 3 N–H and O–H groups in total. The largest absolute Gasteiger partial charge is 0.495 e. The number of carbonyl (C=O) groups is 3. The van der Waals surface area contributed by atoms with Gasteiger partial charge in [-0.25, -0.2) is 24.4 Å². The van der Waals surface area contributed by atoms with Gasteiger partial charge in [-0.3, -0.25) is 10.2 Å². The summed E-state index contributed by atoms with van der Waals surface area (Å²) in [5.41, 5.74) is -0.224. The lowest BCUT2D eigenvalue weighted by atomic mass is 9.96. The van der Waals surface area contributed by atoms with Gasteiger partial charge >= 0.3 is 18.2 Å². The number of aromatic nitrogens is 2. The predicted molar refractivity (Wildman–Crippen MR) is 151 cm³/mol. The molecule has 4 amide bonds. The monoisotopic (exact) mass is 587 g/mol.